The van der Waals surface area contributed by atoms with Gasteiger partial charge in [-0.2, -0.15) is 0 Å². The predicted octanol–water partition coefficient (Wildman–Crippen LogP) is 3.59. The first-order valence-electron chi connectivity index (χ1n) is 8.78. The minimum absolute atomic E-state index is 0.205. The second-order valence-electron chi connectivity index (χ2n) is 6.54. The van der Waals surface area contributed by atoms with Crippen LogP contribution in [0.4, 0.5) is 4.39 Å². The summed E-state index contributed by atoms with van der Waals surface area (Å²) in [5.74, 6) is 0.0125. The summed E-state index contributed by atoms with van der Waals surface area (Å²) in [6, 6.07) is 11.2. The molecule has 2 atom stereocenters. The molecule has 1 aromatic heterocycles. The highest BCUT2D eigenvalue weighted by molar-refractivity contribution is 5.31. The minimum atomic E-state index is -0.205. The van der Waals surface area contributed by atoms with Gasteiger partial charge in [0.05, 0.1) is 6.61 Å². The lowest BCUT2D eigenvalue weighted by molar-refractivity contribution is 0.0883. The highest BCUT2D eigenvalue weighted by Crippen LogP contribution is 2.29. The van der Waals surface area contributed by atoms with E-state index in [1.807, 2.05) is 36.7 Å². The molecule has 2 aromatic rings. The van der Waals surface area contributed by atoms with Crippen molar-refractivity contribution in [3.05, 3.63) is 65.7 Å². The zero-order chi connectivity index (χ0) is 16.8. The monoisotopic (exact) mass is 328 g/mol. The number of hydrogen-bond donors (Lipinski definition) is 1. The Kier molecular flexibility index (Phi) is 5.94. The summed E-state index contributed by atoms with van der Waals surface area (Å²) >= 11 is 0. The summed E-state index contributed by atoms with van der Waals surface area (Å²) in [7, 11) is 0. The van der Waals surface area contributed by atoms with E-state index in [4.69, 9.17) is 0 Å². The van der Waals surface area contributed by atoms with Crippen LogP contribution in [0.5, 0.6) is 0 Å². The van der Waals surface area contributed by atoms with Gasteiger partial charge in [0.1, 0.15) is 5.82 Å². The molecule has 1 aliphatic heterocycles. The lowest BCUT2D eigenvalue weighted by Crippen LogP contribution is -2.42. The Morgan fingerprint density at radius 2 is 1.79 bits per heavy atom. The van der Waals surface area contributed by atoms with E-state index in [0.717, 1.165) is 31.5 Å². The maximum absolute atomic E-state index is 13.3. The quantitative estimate of drug-likeness (QED) is 0.880. The predicted molar refractivity (Wildman–Crippen MR) is 93.4 cm³/mol. The molecule has 1 aliphatic rings. The Labute approximate surface area is 143 Å². The van der Waals surface area contributed by atoms with Crippen molar-refractivity contribution in [3.63, 3.8) is 0 Å². The molecule has 0 spiro atoms. The van der Waals surface area contributed by atoms with Gasteiger partial charge in [-0.3, -0.25) is 9.88 Å². The van der Waals surface area contributed by atoms with Crippen LogP contribution in [-0.2, 0) is 0 Å². The molecule has 3 nitrogen and oxygen atoms in total. The first-order chi connectivity index (χ1) is 11.8. The summed E-state index contributed by atoms with van der Waals surface area (Å²) in [6.45, 7) is 2.23. The van der Waals surface area contributed by atoms with Crippen LogP contribution in [0.15, 0.2) is 48.8 Å². The van der Waals surface area contributed by atoms with Crippen LogP contribution in [0.3, 0.4) is 0 Å². The Hall–Kier alpha value is -1.78. The largest absolute Gasteiger partial charge is 0.395 e. The van der Waals surface area contributed by atoms with Crippen LogP contribution < -0.4 is 0 Å². The van der Waals surface area contributed by atoms with Gasteiger partial charge in [-0.1, -0.05) is 18.6 Å². The van der Waals surface area contributed by atoms with Crippen LogP contribution in [0.1, 0.15) is 42.7 Å². The molecule has 1 N–H and O–H groups in total. The maximum Gasteiger partial charge on any atom is 0.123 e. The molecular weight excluding hydrogens is 303 g/mol. The zero-order valence-corrected chi connectivity index (χ0v) is 13.9. The number of likely N-dealkylation sites (tertiary alicyclic amines) is 1. The lowest BCUT2D eigenvalue weighted by atomic mass is 9.88. The molecule has 0 bridgehead atoms. The van der Waals surface area contributed by atoms with E-state index in [1.54, 1.807) is 0 Å². The number of aliphatic hydroxyl groups is 1. The molecule has 0 amide bonds. The van der Waals surface area contributed by atoms with Crippen molar-refractivity contribution in [2.75, 3.05) is 19.7 Å². The van der Waals surface area contributed by atoms with Gasteiger partial charge in [0, 0.05) is 24.4 Å². The van der Waals surface area contributed by atoms with Crippen molar-refractivity contribution in [1.29, 1.82) is 0 Å². The third-order valence-electron chi connectivity index (χ3n) is 5.05. The second kappa shape index (κ2) is 8.36. The first-order valence-corrected chi connectivity index (χ1v) is 8.78. The van der Waals surface area contributed by atoms with Crippen molar-refractivity contribution >= 4 is 0 Å². The summed E-state index contributed by atoms with van der Waals surface area (Å²) in [5, 5.41) is 9.60. The first kappa shape index (κ1) is 17.1. The summed E-state index contributed by atoms with van der Waals surface area (Å²) < 4.78 is 13.3. The maximum atomic E-state index is 13.3. The SMILES string of the molecule is OCC1CCCCN1CCC(c1ccncc1)c1ccc(F)cc1. The van der Waals surface area contributed by atoms with E-state index in [-0.39, 0.29) is 24.4 Å². The number of piperidine rings is 1. The number of aromatic nitrogens is 1. The van der Waals surface area contributed by atoms with E-state index in [9.17, 15) is 9.50 Å². The number of halogens is 1. The van der Waals surface area contributed by atoms with E-state index in [0.29, 0.717) is 0 Å². The molecule has 24 heavy (non-hydrogen) atoms. The minimum Gasteiger partial charge on any atom is -0.395 e. The molecule has 4 heteroatoms. The van der Waals surface area contributed by atoms with Crippen LogP contribution in [0.2, 0.25) is 0 Å². The van der Waals surface area contributed by atoms with Gasteiger partial charge in [0.25, 0.3) is 0 Å². The summed E-state index contributed by atoms with van der Waals surface area (Å²) in [6.07, 6.45) is 8.05. The molecule has 0 radical (unpaired) electrons. The zero-order valence-electron chi connectivity index (χ0n) is 13.9. The molecule has 1 fully saturated rings. The molecule has 1 saturated heterocycles. The van der Waals surface area contributed by atoms with Gasteiger partial charge in [-0.15, -0.1) is 0 Å². The Bertz CT molecular complexity index is 617. The topological polar surface area (TPSA) is 36.4 Å². The Morgan fingerprint density at radius 3 is 2.50 bits per heavy atom. The van der Waals surface area contributed by atoms with Crippen LogP contribution >= 0.6 is 0 Å². The van der Waals surface area contributed by atoms with Gasteiger partial charge in [-0.05, 0) is 67.7 Å². The fraction of sp³-hybridized carbons (Fsp3) is 0.450. The fourth-order valence-electron chi connectivity index (χ4n) is 3.67. The van der Waals surface area contributed by atoms with Crippen LogP contribution in [0, 0.1) is 5.82 Å². The number of hydrogen-bond acceptors (Lipinski definition) is 3. The van der Waals surface area contributed by atoms with Crippen molar-refractivity contribution in [1.82, 2.24) is 9.88 Å². The number of rotatable bonds is 6. The molecular formula is C20H25FN2O. The summed E-state index contributed by atoms with van der Waals surface area (Å²) in [5.41, 5.74) is 2.33. The van der Waals surface area contributed by atoms with Crippen molar-refractivity contribution < 1.29 is 9.50 Å². The van der Waals surface area contributed by atoms with Gasteiger partial charge < -0.3 is 5.11 Å². The molecule has 1 aromatic carbocycles. The van der Waals surface area contributed by atoms with Gasteiger partial charge in [0.2, 0.25) is 0 Å². The average Bonchev–Trinajstić information content (AvgIpc) is 2.64. The highest BCUT2D eigenvalue weighted by atomic mass is 19.1. The number of pyridine rings is 1. The molecule has 0 saturated carbocycles. The van der Waals surface area contributed by atoms with Crippen LogP contribution in [-0.4, -0.2) is 40.7 Å². The smallest absolute Gasteiger partial charge is 0.123 e. The molecule has 3 rings (SSSR count). The van der Waals surface area contributed by atoms with Crippen LogP contribution in [0.25, 0.3) is 0 Å². The van der Waals surface area contributed by atoms with Gasteiger partial charge >= 0.3 is 0 Å². The molecule has 2 heterocycles. The van der Waals surface area contributed by atoms with E-state index in [2.05, 4.69) is 9.88 Å². The van der Waals surface area contributed by atoms with Gasteiger partial charge in [-0.25, -0.2) is 4.39 Å². The van der Waals surface area contributed by atoms with E-state index >= 15 is 0 Å². The highest BCUT2D eigenvalue weighted by Gasteiger charge is 2.23. The number of aliphatic hydroxyl groups excluding tert-OH is 1. The molecule has 128 valence electrons. The van der Waals surface area contributed by atoms with Crippen molar-refractivity contribution in [2.45, 2.75) is 37.6 Å². The third kappa shape index (κ3) is 4.19. The normalized spacial score (nSPS) is 20.0. The van der Waals surface area contributed by atoms with E-state index in [1.165, 1.54) is 30.5 Å². The second-order valence-corrected chi connectivity index (χ2v) is 6.54. The Balaban J connectivity index is 1.76. The van der Waals surface area contributed by atoms with Crippen molar-refractivity contribution in [2.24, 2.45) is 0 Å². The number of benzene rings is 1. The Morgan fingerprint density at radius 1 is 1.08 bits per heavy atom. The average molecular weight is 328 g/mol. The lowest BCUT2D eigenvalue weighted by Gasteiger charge is -2.35. The van der Waals surface area contributed by atoms with Gasteiger partial charge in [0.15, 0.2) is 0 Å². The third-order valence-corrected chi connectivity index (χ3v) is 5.05. The molecule has 2 unspecified atom stereocenters. The molecule has 0 aliphatic carbocycles. The van der Waals surface area contributed by atoms with Crippen molar-refractivity contribution in [3.8, 4) is 0 Å². The summed E-state index contributed by atoms with van der Waals surface area (Å²) in [4.78, 5) is 6.51. The standard InChI is InChI=1S/C20H25FN2O/c21-18-6-4-16(5-7-18)20(17-8-11-22-12-9-17)10-14-23-13-2-1-3-19(23)15-24/h4-9,11-12,19-20,24H,1-3,10,13-15H2. The van der Waals surface area contributed by atoms with E-state index < -0.39 is 0 Å². The number of nitrogens with zero attached hydrogens (tertiary/aromatic N) is 2. The fourth-order valence-corrected chi connectivity index (χ4v) is 3.67.